The second kappa shape index (κ2) is 4.37. The maximum absolute atomic E-state index is 11.7. The molecule has 1 aliphatic carbocycles. The number of anilines is 1. The Morgan fingerprint density at radius 2 is 2.31 bits per heavy atom. The summed E-state index contributed by atoms with van der Waals surface area (Å²) in [6.45, 7) is 2.91. The van der Waals surface area contributed by atoms with Crippen molar-refractivity contribution in [2.75, 3.05) is 12.3 Å². The Bertz CT molecular complexity index is 380. The lowest BCUT2D eigenvalue weighted by molar-refractivity contribution is 0.0849. The molecule has 1 aromatic heterocycles. The van der Waals surface area contributed by atoms with Crippen LogP contribution in [-0.4, -0.2) is 22.6 Å². The molecular weight excluding hydrogens is 224 g/mol. The summed E-state index contributed by atoms with van der Waals surface area (Å²) >= 11 is 1.12. The number of hydrogen-bond acceptors (Lipinski definition) is 5. The number of carbonyl (C=O) groups excluding carboxylic acids is 1. The van der Waals surface area contributed by atoms with Crippen LogP contribution in [-0.2, 0) is 0 Å². The van der Waals surface area contributed by atoms with Crippen molar-refractivity contribution in [2.45, 2.75) is 32.6 Å². The second-order valence-corrected chi connectivity index (χ2v) is 5.34. The number of aromatic nitrogens is 2. The zero-order chi connectivity index (χ0) is 11.6. The zero-order valence-corrected chi connectivity index (χ0v) is 10.1. The van der Waals surface area contributed by atoms with Crippen molar-refractivity contribution in [3.05, 3.63) is 5.01 Å². The van der Waals surface area contributed by atoms with E-state index in [0.29, 0.717) is 15.6 Å². The van der Waals surface area contributed by atoms with E-state index < -0.39 is 0 Å². The van der Waals surface area contributed by atoms with Gasteiger partial charge >= 0.3 is 0 Å². The number of rotatable bonds is 4. The van der Waals surface area contributed by atoms with Crippen LogP contribution in [0.2, 0.25) is 0 Å². The van der Waals surface area contributed by atoms with Gasteiger partial charge in [0.15, 0.2) is 0 Å². The van der Waals surface area contributed by atoms with Gasteiger partial charge in [-0.3, -0.25) is 4.79 Å². The van der Waals surface area contributed by atoms with Gasteiger partial charge in [-0.2, -0.15) is 0 Å². The quantitative estimate of drug-likeness (QED) is 0.834. The minimum atomic E-state index is -0.158. The van der Waals surface area contributed by atoms with Gasteiger partial charge in [-0.05, 0) is 24.7 Å². The Morgan fingerprint density at radius 3 is 2.75 bits per heavy atom. The lowest BCUT2D eigenvalue weighted by Crippen LogP contribution is -2.41. The number of hydrogen-bond donors (Lipinski definition) is 2. The van der Waals surface area contributed by atoms with Gasteiger partial charge in [-0.1, -0.05) is 24.7 Å². The van der Waals surface area contributed by atoms with Crippen LogP contribution in [0.3, 0.4) is 0 Å². The highest BCUT2D eigenvalue weighted by Crippen LogP contribution is 2.43. The maximum Gasteiger partial charge on any atom is 0.282 e. The molecule has 0 saturated heterocycles. The third kappa shape index (κ3) is 2.16. The second-order valence-electron chi connectivity index (χ2n) is 4.34. The van der Waals surface area contributed by atoms with Crippen LogP contribution < -0.4 is 11.1 Å². The number of amides is 1. The van der Waals surface area contributed by atoms with E-state index in [0.717, 1.165) is 24.3 Å². The molecule has 0 aliphatic heterocycles. The molecule has 0 spiro atoms. The first kappa shape index (κ1) is 11.3. The molecule has 0 bridgehead atoms. The highest BCUT2D eigenvalue weighted by atomic mass is 32.1. The first-order chi connectivity index (χ1) is 7.65. The molecule has 0 atom stereocenters. The summed E-state index contributed by atoms with van der Waals surface area (Å²) in [7, 11) is 0. The SMILES string of the molecule is CCC1(CNC(=O)c2nnc(N)s2)CCC1. The van der Waals surface area contributed by atoms with E-state index in [2.05, 4.69) is 22.4 Å². The van der Waals surface area contributed by atoms with Crippen molar-refractivity contribution in [2.24, 2.45) is 5.41 Å². The lowest BCUT2D eigenvalue weighted by Gasteiger charge is -2.41. The zero-order valence-electron chi connectivity index (χ0n) is 9.32. The van der Waals surface area contributed by atoms with Gasteiger partial charge in [0.05, 0.1) is 0 Å². The van der Waals surface area contributed by atoms with E-state index in [1.165, 1.54) is 19.3 Å². The van der Waals surface area contributed by atoms with Crippen molar-refractivity contribution in [1.82, 2.24) is 15.5 Å². The fourth-order valence-electron chi connectivity index (χ4n) is 2.00. The van der Waals surface area contributed by atoms with Gasteiger partial charge in [-0.25, -0.2) is 0 Å². The molecule has 6 heteroatoms. The van der Waals surface area contributed by atoms with Crippen LogP contribution in [0.1, 0.15) is 42.4 Å². The monoisotopic (exact) mass is 240 g/mol. The largest absolute Gasteiger partial charge is 0.374 e. The lowest BCUT2D eigenvalue weighted by atomic mass is 9.67. The highest BCUT2D eigenvalue weighted by molar-refractivity contribution is 7.16. The van der Waals surface area contributed by atoms with Gasteiger partial charge in [-0.15, -0.1) is 10.2 Å². The van der Waals surface area contributed by atoms with E-state index in [1.807, 2.05) is 0 Å². The molecular formula is C10H16N4OS. The van der Waals surface area contributed by atoms with Gasteiger partial charge in [0.25, 0.3) is 5.91 Å². The smallest absolute Gasteiger partial charge is 0.282 e. The molecule has 1 amide bonds. The number of carbonyl (C=O) groups is 1. The average Bonchev–Trinajstić information content (AvgIpc) is 2.64. The fourth-order valence-corrected chi connectivity index (χ4v) is 2.53. The molecule has 2 rings (SSSR count). The molecule has 1 aromatic rings. The Labute approximate surface area is 98.4 Å². The number of nitrogens with one attached hydrogen (secondary N) is 1. The van der Waals surface area contributed by atoms with Crippen LogP contribution >= 0.6 is 11.3 Å². The van der Waals surface area contributed by atoms with E-state index in [-0.39, 0.29) is 5.91 Å². The van der Waals surface area contributed by atoms with E-state index in [9.17, 15) is 4.79 Å². The summed E-state index contributed by atoms with van der Waals surface area (Å²) in [5.41, 5.74) is 5.75. The first-order valence-electron chi connectivity index (χ1n) is 5.52. The van der Waals surface area contributed by atoms with Gasteiger partial charge in [0.2, 0.25) is 10.1 Å². The van der Waals surface area contributed by atoms with Crippen molar-refractivity contribution in [3.63, 3.8) is 0 Å². The molecule has 0 aromatic carbocycles. The van der Waals surface area contributed by atoms with E-state index in [4.69, 9.17) is 5.73 Å². The minimum Gasteiger partial charge on any atom is -0.374 e. The van der Waals surface area contributed by atoms with Crippen molar-refractivity contribution >= 4 is 22.4 Å². The summed E-state index contributed by atoms with van der Waals surface area (Å²) in [6.07, 6.45) is 4.81. The van der Waals surface area contributed by atoms with Crippen LogP contribution in [0.4, 0.5) is 5.13 Å². The molecule has 16 heavy (non-hydrogen) atoms. The maximum atomic E-state index is 11.7. The number of nitrogens with two attached hydrogens (primary N) is 1. The van der Waals surface area contributed by atoms with Gasteiger partial charge in [0, 0.05) is 6.54 Å². The number of nitrogen functional groups attached to an aromatic ring is 1. The predicted octanol–water partition coefficient (Wildman–Crippen LogP) is 1.43. The average molecular weight is 240 g/mol. The molecule has 1 saturated carbocycles. The standard InChI is InChI=1S/C10H16N4OS/c1-2-10(4-3-5-10)6-12-7(15)8-13-14-9(11)16-8/h2-6H2,1H3,(H2,11,14)(H,12,15). The third-order valence-electron chi connectivity index (χ3n) is 3.42. The van der Waals surface area contributed by atoms with Crippen LogP contribution in [0.25, 0.3) is 0 Å². The predicted molar refractivity (Wildman–Crippen MR) is 63.2 cm³/mol. The molecule has 1 fully saturated rings. The molecule has 1 heterocycles. The van der Waals surface area contributed by atoms with Crippen LogP contribution in [0, 0.1) is 5.41 Å². The Morgan fingerprint density at radius 1 is 1.56 bits per heavy atom. The molecule has 0 radical (unpaired) electrons. The fraction of sp³-hybridized carbons (Fsp3) is 0.700. The van der Waals surface area contributed by atoms with E-state index in [1.54, 1.807) is 0 Å². The van der Waals surface area contributed by atoms with E-state index >= 15 is 0 Å². The van der Waals surface area contributed by atoms with Crippen molar-refractivity contribution in [1.29, 1.82) is 0 Å². The van der Waals surface area contributed by atoms with Crippen LogP contribution in [0.5, 0.6) is 0 Å². The summed E-state index contributed by atoms with van der Waals surface area (Å²) in [6, 6.07) is 0. The van der Waals surface area contributed by atoms with Crippen LogP contribution in [0.15, 0.2) is 0 Å². The third-order valence-corrected chi connectivity index (χ3v) is 4.17. The molecule has 3 N–H and O–H groups in total. The summed E-state index contributed by atoms with van der Waals surface area (Å²) in [5.74, 6) is -0.158. The Kier molecular flexibility index (Phi) is 3.09. The summed E-state index contributed by atoms with van der Waals surface area (Å²) in [4.78, 5) is 11.7. The van der Waals surface area contributed by atoms with Gasteiger partial charge in [0.1, 0.15) is 0 Å². The topological polar surface area (TPSA) is 80.9 Å². The normalized spacial score (nSPS) is 17.8. The Hall–Kier alpha value is -1.17. The van der Waals surface area contributed by atoms with Gasteiger partial charge < -0.3 is 11.1 Å². The molecule has 1 aliphatic rings. The molecule has 0 unspecified atom stereocenters. The highest BCUT2D eigenvalue weighted by Gasteiger charge is 2.35. The molecule has 88 valence electrons. The van der Waals surface area contributed by atoms with Crippen molar-refractivity contribution < 1.29 is 4.79 Å². The van der Waals surface area contributed by atoms with Crippen molar-refractivity contribution in [3.8, 4) is 0 Å². The Balaban J connectivity index is 1.88. The number of nitrogens with zero attached hydrogens (tertiary/aromatic N) is 2. The molecule has 5 nitrogen and oxygen atoms in total. The first-order valence-corrected chi connectivity index (χ1v) is 6.34. The minimum absolute atomic E-state index is 0.158. The summed E-state index contributed by atoms with van der Waals surface area (Å²) < 4.78 is 0. The summed E-state index contributed by atoms with van der Waals surface area (Å²) in [5, 5.41) is 10.9.